The Balaban J connectivity index is 1.98. The average molecular weight is 269 g/mol. The smallest absolute Gasteiger partial charge is 0.254 e. The van der Waals surface area contributed by atoms with E-state index in [0.717, 1.165) is 6.07 Å². The first-order chi connectivity index (χ1) is 9.09. The maximum atomic E-state index is 13.3. The van der Waals surface area contributed by atoms with E-state index in [0.29, 0.717) is 18.3 Å². The quantitative estimate of drug-likeness (QED) is 0.831. The van der Waals surface area contributed by atoms with Crippen molar-refractivity contribution < 1.29 is 18.0 Å². The summed E-state index contributed by atoms with van der Waals surface area (Å²) < 4.78 is 39.0. The van der Waals surface area contributed by atoms with E-state index in [4.69, 9.17) is 0 Å². The Hall–Kier alpha value is -2.31. The van der Waals surface area contributed by atoms with E-state index in [2.05, 4.69) is 15.3 Å². The van der Waals surface area contributed by atoms with E-state index in [1.165, 1.54) is 0 Å². The number of H-pyrrole nitrogens is 1. The van der Waals surface area contributed by atoms with Crippen molar-refractivity contribution in [2.75, 3.05) is 6.54 Å². The first kappa shape index (κ1) is 13.1. The molecule has 1 aromatic carbocycles. The van der Waals surface area contributed by atoms with Gasteiger partial charge in [0.2, 0.25) is 0 Å². The normalized spacial score (nSPS) is 10.5. The van der Waals surface area contributed by atoms with Gasteiger partial charge in [-0.2, -0.15) is 0 Å². The van der Waals surface area contributed by atoms with Gasteiger partial charge in [-0.1, -0.05) is 0 Å². The molecule has 0 aliphatic rings. The van der Waals surface area contributed by atoms with Gasteiger partial charge in [-0.05, 0) is 12.1 Å². The standard InChI is InChI=1S/C12H10F3N3O/c13-8-2-1-7(10(14)11(8)15)12(19)18-4-3-9-16-5-6-17-9/h1-2,5-6H,3-4H2,(H,16,17)(H,18,19). The van der Waals surface area contributed by atoms with Crippen LogP contribution in [0.5, 0.6) is 0 Å². The molecule has 7 heteroatoms. The van der Waals surface area contributed by atoms with E-state index < -0.39 is 28.9 Å². The number of carbonyl (C=O) groups is 1. The Labute approximate surface area is 106 Å². The Morgan fingerprint density at radius 1 is 1.26 bits per heavy atom. The zero-order valence-electron chi connectivity index (χ0n) is 9.71. The molecule has 0 aliphatic heterocycles. The molecule has 0 aliphatic carbocycles. The van der Waals surface area contributed by atoms with Gasteiger partial charge in [-0.25, -0.2) is 18.2 Å². The zero-order chi connectivity index (χ0) is 13.8. The van der Waals surface area contributed by atoms with Crippen LogP contribution in [0.3, 0.4) is 0 Å². The minimum absolute atomic E-state index is 0.199. The van der Waals surface area contributed by atoms with Crippen LogP contribution in [0, 0.1) is 17.5 Å². The molecule has 1 amide bonds. The molecule has 0 radical (unpaired) electrons. The molecule has 0 saturated carbocycles. The summed E-state index contributed by atoms with van der Waals surface area (Å²) in [6, 6.07) is 1.61. The van der Waals surface area contributed by atoms with Crippen molar-refractivity contribution in [3.05, 3.63) is 53.4 Å². The molecule has 1 heterocycles. The van der Waals surface area contributed by atoms with Gasteiger partial charge in [-0.3, -0.25) is 4.79 Å². The second kappa shape index (κ2) is 5.55. The minimum Gasteiger partial charge on any atom is -0.351 e. The third kappa shape index (κ3) is 2.93. The molecular formula is C12H10F3N3O. The summed E-state index contributed by atoms with van der Waals surface area (Å²) in [4.78, 5) is 18.4. The Bertz CT molecular complexity index is 584. The summed E-state index contributed by atoms with van der Waals surface area (Å²) in [6.45, 7) is 0.199. The number of nitrogens with zero attached hydrogens (tertiary/aromatic N) is 1. The summed E-state index contributed by atoms with van der Waals surface area (Å²) in [6.07, 6.45) is 3.61. The van der Waals surface area contributed by atoms with Crippen LogP contribution in [-0.4, -0.2) is 22.4 Å². The van der Waals surface area contributed by atoms with Crippen LogP contribution in [0.25, 0.3) is 0 Å². The van der Waals surface area contributed by atoms with Crippen LogP contribution in [0.1, 0.15) is 16.2 Å². The van der Waals surface area contributed by atoms with Gasteiger partial charge in [0.05, 0.1) is 5.56 Å². The van der Waals surface area contributed by atoms with Crippen molar-refractivity contribution in [2.24, 2.45) is 0 Å². The van der Waals surface area contributed by atoms with Gasteiger partial charge in [-0.15, -0.1) is 0 Å². The predicted molar refractivity (Wildman–Crippen MR) is 60.9 cm³/mol. The van der Waals surface area contributed by atoms with Crippen LogP contribution in [0.4, 0.5) is 13.2 Å². The lowest BCUT2D eigenvalue weighted by molar-refractivity contribution is 0.0948. The van der Waals surface area contributed by atoms with Crippen LogP contribution in [0.2, 0.25) is 0 Å². The lowest BCUT2D eigenvalue weighted by atomic mass is 10.2. The van der Waals surface area contributed by atoms with E-state index in [1.807, 2.05) is 0 Å². The zero-order valence-corrected chi connectivity index (χ0v) is 9.71. The van der Waals surface area contributed by atoms with Crippen LogP contribution in [0.15, 0.2) is 24.5 Å². The summed E-state index contributed by atoms with van der Waals surface area (Å²) in [5.74, 6) is -4.62. The van der Waals surface area contributed by atoms with Gasteiger partial charge in [0.25, 0.3) is 5.91 Å². The molecule has 1 aromatic heterocycles. The molecule has 100 valence electrons. The van der Waals surface area contributed by atoms with Crippen molar-refractivity contribution in [1.29, 1.82) is 0 Å². The van der Waals surface area contributed by atoms with E-state index in [9.17, 15) is 18.0 Å². The Kier molecular flexibility index (Phi) is 3.84. The highest BCUT2D eigenvalue weighted by Gasteiger charge is 2.18. The van der Waals surface area contributed by atoms with Crippen LogP contribution < -0.4 is 5.32 Å². The molecule has 0 bridgehead atoms. The molecule has 2 N–H and O–H groups in total. The summed E-state index contributed by atoms with van der Waals surface area (Å²) >= 11 is 0. The number of aromatic nitrogens is 2. The number of hydrogen-bond donors (Lipinski definition) is 2. The van der Waals surface area contributed by atoms with Crippen LogP contribution >= 0.6 is 0 Å². The minimum atomic E-state index is -1.65. The summed E-state index contributed by atoms with van der Waals surface area (Å²) in [7, 11) is 0. The number of benzene rings is 1. The SMILES string of the molecule is O=C(NCCc1ncc[nH]1)c1ccc(F)c(F)c1F. The molecule has 19 heavy (non-hydrogen) atoms. The molecule has 0 unspecified atom stereocenters. The summed E-state index contributed by atoms with van der Waals surface area (Å²) in [5, 5.41) is 2.40. The third-order valence-electron chi connectivity index (χ3n) is 2.48. The number of halogens is 3. The second-order valence-electron chi connectivity index (χ2n) is 3.76. The first-order valence-electron chi connectivity index (χ1n) is 5.49. The molecular weight excluding hydrogens is 259 g/mol. The second-order valence-corrected chi connectivity index (χ2v) is 3.76. The van der Waals surface area contributed by atoms with Gasteiger partial charge >= 0.3 is 0 Å². The molecule has 0 spiro atoms. The highest BCUT2D eigenvalue weighted by atomic mass is 19.2. The van der Waals surface area contributed by atoms with Gasteiger partial charge in [0, 0.05) is 25.4 Å². The van der Waals surface area contributed by atoms with Crippen molar-refractivity contribution in [2.45, 2.75) is 6.42 Å². The van der Waals surface area contributed by atoms with Crippen molar-refractivity contribution in [3.8, 4) is 0 Å². The maximum Gasteiger partial charge on any atom is 0.254 e. The van der Waals surface area contributed by atoms with Gasteiger partial charge in [0.1, 0.15) is 5.82 Å². The molecule has 2 rings (SSSR count). The van der Waals surface area contributed by atoms with E-state index in [-0.39, 0.29) is 6.54 Å². The average Bonchev–Trinajstić information content (AvgIpc) is 2.89. The Morgan fingerprint density at radius 2 is 2.05 bits per heavy atom. The lowest BCUT2D eigenvalue weighted by Crippen LogP contribution is -2.27. The van der Waals surface area contributed by atoms with Crippen LogP contribution in [-0.2, 0) is 6.42 Å². The number of hydrogen-bond acceptors (Lipinski definition) is 2. The topological polar surface area (TPSA) is 57.8 Å². The summed E-state index contributed by atoms with van der Waals surface area (Å²) in [5.41, 5.74) is -0.529. The fourth-order valence-electron chi connectivity index (χ4n) is 1.53. The number of aromatic amines is 1. The highest BCUT2D eigenvalue weighted by molar-refractivity contribution is 5.94. The number of carbonyl (C=O) groups excluding carboxylic acids is 1. The fourth-order valence-corrected chi connectivity index (χ4v) is 1.53. The van der Waals surface area contributed by atoms with E-state index >= 15 is 0 Å². The predicted octanol–water partition coefficient (Wildman–Crippen LogP) is 1.80. The molecule has 0 fully saturated rings. The van der Waals surface area contributed by atoms with Crippen molar-refractivity contribution in [3.63, 3.8) is 0 Å². The largest absolute Gasteiger partial charge is 0.351 e. The number of rotatable bonds is 4. The first-order valence-corrected chi connectivity index (χ1v) is 5.49. The maximum absolute atomic E-state index is 13.3. The number of imidazole rings is 1. The van der Waals surface area contributed by atoms with Crippen molar-refractivity contribution in [1.82, 2.24) is 15.3 Å². The number of amides is 1. The number of nitrogens with one attached hydrogen (secondary N) is 2. The fraction of sp³-hybridized carbons (Fsp3) is 0.167. The van der Waals surface area contributed by atoms with E-state index in [1.54, 1.807) is 12.4 Å². The monoisotopic (exact) mass is 269 g/mol. The molecule has 2 aromatic rings. The van der Waals surface area contributed by atoms with Gasteiger partial charge < -0.3 is 10.3 Å². The van der Waals surface area contributed by atoms with Crippen molar-refractivity contribution >= 4 is 5.91 Å². The molecule has 4 nitrogen and oxygen atoms in total. The highest BCUT2D eigenvalue weighted by Crippen LogP contribution is 2.14. The molecule has 0 saturated heterocycles. The lowest BCUT2D eigenvalue weighted by Gasteiger charge is -2.06. The third-order valence-corrected chi connectivity index (χ3v) is 2.48. The van der Waals surface area contributed by atoms with Gasteiger partial charge in [0.15, 0.2) is 17.5 Å². The molecule has 0 atom stereocenters. The Morgan fingerprint density at radius 3 is 2.74 bits per heavy atom.